The fourth-order valence-corrected chi connectivity index (χ4v) is 1.66. The van der Waals surface area contributed by atoms with E-state index in [0.717, 1.165) is 6.07 Å². The molecule has 100 valence electrons. The van der Waals surface area contributed by atoms with Gasteiger partial charge in [-0.25, -0.2) is 0 Å². The molecular weight excluding hydrogens is 318 g/mol. The third kappa shape index (κ3) is 3.16. The molecule has 0 bridgehead atoms. The number of nitro benzene ring substituents is 2. The number of nitro groups is 2. The van der Waals surface area contributed by atoms with Crippen LogP contribution in [0.25, 0.3) is 0 Å². The van der Waals surface area contributed by atoms with Gasteiger partial charge in [0.1, 0.15) is 5.69 Å². The molecule has 0 amide bonds. The molecule has 1 aliphatic heterocycles. The highest BCUT2D eigenvalue weighted by atomic mass is 79.9. The van der Waals surface area contributed by atoms with Crippen LogP contribution in [-0.2, 0) is 0 Å². The van der Waals surface area contributed by atoms with Crippen LogP contribution in [0.3, 0.4) is 0 Å². The lowest BCUT2D eigenvalue weighted by atomic mass is 10.2. The molecule has 0 aliphatic carbocycles. The minimum Gasteiger partial charge on any atom is -0.339 e. The van der Waals surface area contributed by atoms with Crippen LogP contribution in [-0.4, -0.2) is 16.4 Å². The van der Waals surface area contributed by atoms with Crippen LogP contribution in [0, 0.1) is 20.2 Å². The summed E-state index contributed by atoms with van der Waals surface area (Å²) in [7, 11) is 0. The number of anilines is 1. The van der Waals surface area contributed by atoms with Crippen molar-refractivity contribution >= 4 is 34.0 Å². The van der Waals surface area contributed by atoms with E-state index in [2.05, 4.69) is 0 Å². The quantitative estimate of drug-likeness (QED) is 0.628. The Morgan fingerprint density at radius 2 is 1.84 bits per heavy atom. The van der Waals surface area contributed by atoms with Gasteiger partial charge in [0.15, 0.2) is 0 Å². The summed E-state index contributed by atoms with van der Waals surface area (Å²) in [5.74, 6) is 0. The molecule has 0 fully saturated rings. The molecule has 0 unspecified atom stereocenters. The third-order valence-electron chi connectivity index (χ3n) is 2.49. The molecule has 1 aromatic rings. The first kappa shape index (κ1) is 14.8. The van der Waals surface area contributed by atoms with Gasteiger partial charge in [0.25, 0.3) is 11.4 Å². The van der Waals surface area contributed by atoms with Gasteiger partial charge in [-0.2, -0.15) is 0 Å². The summed E-state index contributed by atoms with van der Waals surface area (Å²) in [6, 6.07) is 3.62. The van der Waals surface area contributed by atoms with Crippen molar-refractivity contribution in [3.8, 4) is 0 Å². The highest BCUT2D eigenvalue weighted by Gasteiger charge is 2.22. The lowest BCUT2D eigenvalue weighted by Crippen LogP contribution is -2.18. The summed E-state index contributed by atoms with van der Waals surface area (Å²) in [5.41, 5.74) is -0.225. The first-order chi connectivity index (χ1) is 8.59. The number of hydrogen-bond donors (Lipinski definition) is 0. The van der Waals surface area contributed by atoms with E-state index < -0.39 is 9.85 Å². The van der Waals surface area contributed by atoms with Crippen LogP contribution < -0.4 is 4.90 Å². The summed E-state index contributed by atoms with van der Waals surface area (Å²) in [6.07, 6.45) is 7.10. The van der Waals surface area contributed by atoms with Gasteiger partial charge >= 0.3 is 0 Å². The summed E-state index contributed by atoms with van der Waals surface area (Å²) in [6.45, 7) is 0.495. The smallest absolute Gasteiger partial charge is 0.299 e. The summed E-state index contributed by atoms with van der Waals surface area (Å²) >= 11 is 0. The van der Waals surface area contributed by atoms with Gasteiger partial charge < -0.3 is 4.90 Å². The van der Waals surface area contributed by atoms with Crippen molar-refractivity contribution in [2.24, 2.45) is 0 Å². The molecule has 8 heteroatoms. The number of nitrogens with zero attached hydrogens (tertiary/aromatic N) is 3. The Morgan fingerprint density at radius 1 is 1.11 bits per heavy atom. The second-order valence-corrected chi connectivity index (χ2v) is 3.61. The number of benzene rings is 1. The van der Waals surface area contributed by atoms with E-state index in [1.54, 1.807) is 17.2 Å². The molecule has 2 rings (SSSR count). The average Bonchev–Trinajstić information content (AvgIpc) is 2.39. The monoisotopic (exact) mass is 327 g/mol. The number of halogens is 1. The molecule has 0 saturated carbocycles. The molecule has 1 aliphatic rings. The van der Waals surface area contributed by atoms with E-state index in [4.69, 9.17) is 0 Å². The van der Waals surface area contributed by atoms with Crippen LogP contribution in [0.5, 0.6) is 0 Å². The number of rotatable bonds is 3. The van der Waals surface area contributed by atoms with Crippen LogP contribution in [0.4, 0.5) is 17.1 Å². The second-order valence-electron chi connectivity index (χ2n) is 3.61. The van der Waals surface area contributed by atoms with E-state index in [-0.39, 0.29) is 28.4 Å². The zero-order chi connectivity index (χ0) is 13.1. The van der Waals surface area contributed by atoms with Gasteiger partial charge in [0.2, 0.25) is 0 Å². The highest BCUT2D eigenvalue weighted by Crippen LogP contribution is 2.32. The molecule has 7 nitrogen and oxygen atoms in total. The molecule has 0 spiro atoms. The zero-order valence-electron chi connectivity index (χ0n) is 9.63. The summed E-state index contributed by atoms with van der Waals surface area (Å²) in [4.78, 5) is 21.9. The maximum Gasteiger partial charge on any atom is 0.299 e. The van der Waals surface area contributed by atoms with E-state index >= 15 is 0 Å². The first-order valence-corrected chi connectivity index (χ1v) is 5.12. The Bertz CT molecular complexity index is 571. The second kappa shape index (κ2) is 6.10. The maximum atomic E-state index is 11.0. The molecule has 0 N–H and O–H groups in total. The fraction of sp³-hybridized carbons (Fsp3) is 0.0909. The minimum atomic E-state index is -0.650. The molecule has 1 heterocycles. The first-order valence-electron chi connectivity index (χ1n) is 5.12. The predicted molar refractivity (Wildman–Crippen MR) is 75.7 cm³/mol. The van der Waals surface area contributed by atoms with E-state index in [9.17, 15) is 20.2 Å². The number of allylic oxidation sites excluding steroid dienone is 2. The van der Waals surface area contributed by atoms with Crippen molar-refractivity contribution in [1.82, 2.24) is 0 Å². The van der Waals surface area contributed by atoms with E-state index in [0.29, 0.717) is 12.2 Å². The van der Waals surface area contributed by atoms with Crippen LogP contribution >= 0.6 is 17.0 Å². The Morgan fingerprint density at radius 3 is 2.37 bits per heavy atom. The maximum absolute atomic E-state index is 11.0. The van der Waals surface area contributed by atoms with Gasteiger partial charge in [0.05, 0.1) is 15.9 Å². The van der Waals surface area contributed by atoms with E-state index in [1.165, 1.54) is 12.1 Å². The van der Waals surface area contributed by atoms with Gasteiger partial charge in [-0.1, -0.05) is 12.2 Å². The number of hydrogen-bond acceptors (Lipinski definition) is 5. The van der Waals surface area contributed by atoms with Gasteiger partial charge in [0, 0.05) is 18.8 Å². The molecule has 0 atom stereocenters. The zero-order valence-corrected chi connectivity index (χ0v) is 11.3. The normalized spacial score (nSPS) is 12.9. The SMILES string of the molecule is Br.O=[N+]([O-])c1ccc(N2C=CC=CC2)c([N+](=O)[O-])c1. The van der Waals surface area contributed by atoms with Crippen molar-refractivity contribution in [3.63, 3.8) is 0 Å². The average molecular weight is 328 g/mol. The molecular formula is C11H10BrN3O4. The van der Waals surface area contributed by atoms with Crippen LogP contribution in [0.1, 0.15) is 0 Å². The summed E-state index contributed by atoms with van der Waals surface area (Å²) < 4.78 is 0. The fourth-order valence-electron chi connectivity index (χ4n) is 1.66. The van der Waals surface area contributed by atoms with Crippen molar-refractivity contribution in [2.45, 2.75) is 0 Å². The van der Waals surface area contributed by atoms with Crippen molar-refractivity contribution in [2.75, 3.05) is 11.4 Å². The lowest BCUT2D eigenvalue weighted by molar-refractivity contribution is -0.393. The topological polar surface area (TPSA) is 89.5 Å². The molecule has 0 aromatic heterocycles. The van der Waals surface area contributed by atoms with Gasteiger partial charge in [-0.3, -0.25) is 20.2 Å². The Labute approximate surface area is 118 Å². The molecule has 0 saturated heterocycles. The van der Waals surface area contributed by atoms with Crippen LogP contribution in [0.2, 0.25) is 0 Å². The van der Waals surface area contributed by atoms with E-state index in [1.807, 2.05) is 12.2 Å². The van der Waals surface area contributed by atoms with Crippen molar-refractivity contribution in [1.29, 1.82) is 0 Å². The summed E-state index contributed by atoms with van der Waals surface area (Å²) in [5, 5.41) is 21.6. The molecule has 1 aromatic carbocycles. The van der Waals surface area contributed by atoms with Crippen molar-refractivity contribution in [3.05, 3.63) is 62.9 Å². The molecule has 19 heavy (non-hydrogen) atoms. The Kier molecular flexibility index (Phi) is 4.76. The largest absolute Gasteiger partial charge is 0.339 e. The Balaban J connectivity index is 0.00000180. The van der Waals surface area contributed by atoms with Gasteiger partial charge in [-0.15, -0.1) is 17.0 Å². The third-order valence-corrected chi connectivity index (χ3v) is 2.49. The minimum absolute atomic E-state index is 0. The standard InChI is InChI=1S/C11H9N3O4.BrH/c15-13(16)9-4-5-10(11(8-9)14(17)18)12-6-2-1-3-7-12;/h1-6,8H,7H2;1H. The van der Waals surface area contributed by atoms with Crippen molar-refractivity contribution < 1.29 is 9.85 Å². The predicted octanol–water partition coefficient (Wildman–Crippen LogP) is 2.97. The lowest BCUT2D eigenvalue weighted by Gasteiger charge is -2.20. The Hall–Kier alpha value is -2.22. The van der Waals surface area contributed by atoms with Crippen LogP contribution in [0.15, 0.2) is 42.6 Å². The molecule has 0 radical (unpaired) electrons. The highest BCUT2D eigenvalue weighted by molar-refractivity contribution is 8.93. The van der Waals surface area contributed by atoms with Gasteiger partial charge in [-0.05, 0) is 12.1 Å². The number of non-ortho nitro benzene ring substituents is 1.